The summed E-state index contributed by atoms with van der Waals surface area (Å²) in [5.41, 5.74) is 0. The average molecular weight is 561 g/mol. The molecule has 3 heterocycles. The highest BCUT2D eigenvalue weighted by Gasteiger charge is 2.26. The van der Waals surface area contributed by atoms with E-state index >= 15 is 0 Å². The zero-order valence-electron chi connectivity index (χ0n) is 19.1. The van der Waals surface area contributed by atoms with Gasteiger partial charge in [0.25, 0.3) is 0 Å². The van der Waals surface area contributed by atoms with Gasteiger partial charge in [-0.25, -0.2) is 9.98 Å². The molecule has 2 aromatic rings. The van der Waals surface area contributed by atoms with E-state index in [1.165, 1.54) is 4.88 Å². The number of aliphatic imine (C=N–C) groups is 1. The van der Waals surface area contributed by atoms with Crippen LogP contribution in [0.5, 0.6) is 0 Å². The molecule has 1 fully saturated rings. The highest BCUT2D eigenvalue weighted by Crippen LogP contribution is 2.26. The minimum atomic E-state index is 0. The number of morpholine rings is 1. The summed E-state index contributed by atoms with van der Waals surface area (Å²) in [5.74, 6) is 2.41. The number of rotatable bonds is 9. The summed E-state index contributed by atoms with van der Waals surface area (Å²) in [6, 6.07) is 4.66. The van der Waals surface area contributed by atoms with Crippen molar-refractivity contribution in [3.8, 4) is 0 Å². The first-order chi connectivity index (χ1) is 14.6. The standard InChI is InChI=1S/C22H36N6OS.HI/c1-5-23-22(26-14-21-24-8-9-28(21)15-17(2)3)25-13-19(20-7-6-12-30-20)27-10-11-29-18(4)16-27;/h6-9,12,17-19H,5,10-11,13-16H2,1-4H3,(H2,23,25,26);1H. The van der Waals surface area contributed by atoms with Gasteiger partial charge in [0.1, 0.15) is 12.4 Å². The molecule has 2 N–H and O–H groups in total. The molecule has 1 saturated heterocycles. The van der Waals surface area contributed by atoms with Gasteiger partial charge in [-0.3, -0.25) is 4.90 Å². The molecule has 0 aliphatic carbocycles. The molecule has 9 heteroatoms. The lowest BCUT2D eigenvalue weighted by Gasteiger charge is -2.37. The lowest BCUT2D eigenvalue weighted by atomic mass is 10.1. The minimum Gasteiger partial charge on any atom is -0.376 e. The zero-order chi connectivity index (χ0) is 21.3. The summed E-state index contributed by atoms with van der Waals surface area (Å²) in [5, 5.41) is 9.10. The van der Waals surface area contributed by atoms with E-state index in [9.17, 15) is 0 Å². The highest BCUT2D eigenvalue weighted by molar-refractivity contribution is 14.0. The highest BCUT2D eigenvalue weighted by atomic mass is 127. The van der Waals surface area contributed by atoms with Crippen LogP contribution in [-0.2, 0) is 17.8 Å². The minimum absolute atomic E-state index is 0. The summed E-state index contributed by atoms with van der Waals surface area (Å²) in [7, 11) is 0. The maximum Gasteiger partial charge on any atom is 0.191 e. The number of aromatic nitrogens is 2. The molecule has 1 aliphatic rings. The maximum atomic E-state index is 5.75. The van der Waals surface area contributed by atoms with E-state index in [1.54, 1.807) is 0 Å². The number of nitrogens with zero attached hydrogens (tertiary/aromatic N) is 4. The van der Waals surface area contributed by atoms with Gasteiger partial charge >= 0.3 is 0 Å². The summed E-state index contributed by atoms with van der Waals surface area (Å²) in [6.07, 6.45) is 4.17. The molecule has 3 rings (SSSR count). The Balaban J connectivity index is 0.00000341. The van der Waals surface area contributed by atoms with E-state index in [0.717, 1.165) is 51.1 Å². The van der Waals surface area contributed by atoms with Gasteiger partial charge in [0.15, 0.2) is 5.96 Å². The lowest BCUT2D eigenvalue weighted by Crippen LogP contribution is -2.48. The number of nitrogens with one attached hydrogen (secondary N) is 2. The SMILES string of the molecule is CCNC(=NCc1nccn1CC(C)C)NCC(c1cccs1)N1CCOC(C)C1.I. The molecule has 31 heavy (non-hydrogen) atoms. The summed E-state index contributed by atoms with van der Waals surface area (Å²) >= 11 is 1.81. The number of thiophene rings is 1. The van der Waals surface area contributed by atoms with Crippen molar-refractivity contribution in [2.75, 3.05) is 32.8 Å². The molecule has 0 amide bonds. The van der Waals surface area contributed by atoms with Crippen molar-refractivity contribution >= 4 is 41.3 Å². The third-order valence-electron chi connectivity index (χ3n) is 5.13. The summed E-state index contributed by atoms with van der Waals surface area (Å²) < 4.78 is 7.95. The molecule has 0 spiro atoms. The van der Waals surface area contributed by atoms with E-state index < -0.39 is 0 Å². The normalized spacial score (nSPS) is 18.6. The van der Waals surface area contributed by atoms with E-state index in [2.05, 4.69) is 70.3 Å². The largest absolute Gasteiger partial charge is 0.376 e. The Morgan fingerprint density at radius 3 is 2.90 bits per heavy atom. The second-order valence-corrected chi connectivity index (χ2v) is 9.15. The fourth-order valence-electron chi connectivity index (χ4n) is 3.76. The maximum absolute atomic E-state index is 5.75. The molecule has 7 nitrogen and oxygen atoms in total. The van der Waals surface area contributed by atoms with Crippen molar-refractivity contribution < 1.29 is 4.74 Å². The van der Waals surface area contributed by atoms with Gasteiger partial charge in [0.2, 0.25) is 0 Å². The van der Waals surface area contributed by atoms with E-state index in [-0.39, 0.29) is 30.1 Å². The van der Waals surface area contributed by atoms with Crippen LogP contribution in [0.1, 0.15) is 44.4 Å². The van der Waals surface area contributed by atoms with Crippen LogP contribution < -0.4 is 10.6 Å². The van der Waals surface area contributed by atoms with Crippen molar-refractivity contribution in [1.29, 1.82) is 0 Å². The third-order valence-corrected chi connectivity index (χ3v) is 6.11. The van der Waals surface area contributed by atoms with Gasteiger partial charge < -0.3 is 19.9 Å². The third kappa shape index (κ3) is 8.03. The topological polar surface area (TPSA) is 66.7 Å². The summed E-state index contributed by atoms with van der Waals surface area (Å²) in [6.45, 7) is 14.5. The Morgan fingerprint density at radius 1 is 1.39 bits per heavy atom. The molecule has 0 bridgehead atoms. The van der Waals surface area contributed by atoms with Gasteiger partial charge in [0.05, 0.1) is 18.8 Å². The van der Waals surface area contributed by atoms with Crippen molar-refractivity contribution in [2.24, 2.45) is 10.9 Å². The van der Waals surface area contributed by atoms with Gasteiger partial charge in [-0.1, -0.05) is 19.9 Å². The Morgan fingerprint density at radius 2 is 2.23 bits per heavy atom. The number of imidazole rings is 1. The van der Waals surface area contributed by atoms with Crippen molar-refractivity contribution in [3.05, 3.63) is 40.6 Å². The second-order valence-electron chi connectivity index (χ2n) is 8.17. The van der Waals surface area contributed by atoms with E-state index in [0.29, 0.717) is 18.5 Å². The first kappa shape index (κ1) is 26.1. The van der Waals surface area contributed by atoms with Crippen LogP contribution in [-0.4, -0.2) is 59.3 Å². The number of hydrogen-bond acceptors (Lipinski definition) is 5. The Kier molecular flexibility index (Phi) is 11.3. The Labute approximate surface area is 207 Å². The first-order valence-corrected chi connectivity index (χ1v) is 11.9. The smallest absolute Gasteiger partial charge is 0.191 e. The van der Waals surface area contributed by atoms with Crippen molar-refractivity contribution in [2.45, 2.75) is 52.9 Å². The molecule has 2 unspecified atom stereocenters. The van der Waals surface area contributed by atoms with Crippen molar-refractivity contribution in [3.63, 3.8) is 0 Å². The molecule has 0 radical (unpaired) electrons. The Hall–Kier alpha value is -1.17. The van der Waals surface area contributed by atoms with Crippen LogP contribution in [0.4, 0.5) is 0 Å². The number of ether oxygens (including phenoxy) is 1. The fourth-order valence-corrected chi connectivity index (χ4v) is 4.62. The van der Waals surface area contributed by atoms with Crippen LogP contribution in [0.2, 0.25) is 0 Å². The molecule has 2 aromatic heterocycles. The first-order valence-electron chi connectivity index (χ1n) is 11.0. The number of guanidine groups is 1. The molecule has 174 valence electrons. The number of hydrogen-bond donors (Lipinski definition) is 2. The predicted octanol–water partition coefficient (Wildman–Crippen LogP) is 3.74. The van der Waals surface area contributed by atoms with Crippen molar-refractivity contribution in [1.82, 2.24) is 25.1 Å². The molecule has 0 saturated carbocycles. The van der Waals surface area contributed by atoms with Gasteiger partial charge in [-0.2, -0.15) is 0 Å². The van der Waals surface area contributed by atoms with Crippen LogP contribution in [0.25, 0.3) is 0 Å². The van der Waals surface area contributed by atoms with Crippen LogP contribution in [0.15, 0.2) is 34.9 Å². The molecule has 0 aromatic carbocycles. The van der Waals surface area contributed by atoms with Gasteiger partial charge in [0, 0.05) is 50.0 Å². The van der Waals surface area contributed by atoms with E-state index in [1.807, 2.05) is 23.7 Å². The monoisotopic (exact) mass is 560 g/mol. The molecular formula is C22H37IN6OS. The second kappa shape index (κ2) is 13.4. The lowest BCUT2D eigenvalue weighted by molar-refractivity contribution is -0.0334. The number of halogens is 1. The fraction of sp³-hybridized carbons (Fsp3) is 0.636. The predicted molar refractivity (Wildman–Crippen MR) is 139 cm³/mol. The Bertz CT molecular complexity index is 779. The quantitative estimate of drug-likeness (QED) is 0.278. The van der Waals surface area contributed by atoms with Gasteiger partial charge in [-0.15, -0.1) is 35.3 Å². The van der Waals surface area contributed by atoms with Gasteiger partial charge in [-0.05, 0) is 31.2 Å². The molecule has 2 atom stereocenters. The summed E-state index contributed by atoms with van der Waals surface area (Å²) in [4.78, 5) is 13.2. The van der Waals surface area contributed by atoms with E-state index in [4.69, 9.17) is 9.73 Å². The zero-order valence-corrected chi connectivity index (χ0v) is 22.2. The average Bonchev–Trinajstić information content (AvgIpc) is 3.38. The van der Waals surface area contributed by atoms with Crippen LogP contribution in [0.3, 0.4) is 0 Å². The van der Waals surface area contributed by atoms with Crippen LogP contribution >= 0.6 is 35.3 Å². The molecular weight excluding hydrogens is 523 g/mol. The molecule has 1 aliphatic heterocycles. The van der Waals surface area contributed by atoms with Crippen LogP contribution in [0, 0.1) is 5.92 Å².